The molecule has 0 heterocycles. The van der Waals surface area contributed by atoms with Crippen molar-refractivity contribution >= 4 is 17.6 Å². The molecule has 0 spiro atoms. The molecule has 1 aromatic rings. The largest absolute Gasteiger partial charge is 0.573 e. The Hall–Kier alpha value is -2.71. The Kier molecular flexibility index (Phi) is 7.09. The van der Waals surface area contributed by atoms with Crippen LogP contribution in [0.4, 0.5) is 18.9 Å². The van der Waals surface area contributed by atoms with Crippen LogP contribution < -0.4 is 10.1 Å². The number of benzene rings is 1. The minimum atomic E-state index is -4.82. The van der Waals surface area contributed by atoms with Crippen molar-refractivity contribution in [1.82, 2.24) is 0 Å². The molecule has 0 aliphatic rings. The first-order valence-corrected chi connectivity index (χ1v) is 6.93. The van der Waals surface area contributed by atoms with E-state index in [9.17, 15) is 22.8 Å². The Morgan fingerprint density at radius 1 is 1.12 bits per heavy atom. The topological polar surface area (TPSA) is 73.9 Å². The number of hydrogen-bond donors (Lipinski definition) is 1. The van der Waals surface area contributed by atoms with Gasteiger partial charge in [-0.25, -0.2) is 9.59 Å². The third-order valence-electron chi connectivity index (χ3n) is 2.44. The number of ether oxygens (including phenoxy) is 3. The lowest BCUT2D eigenvalue weighted by molar-refractivity contribution is -0.274. The molecular weight excluding hydrogens is 331 g/mol. The summed E-state index contributed by atoms with van der Waals surface area (Å²) in [5.41, 5.74) is -0.247. The molecule has 0 aromatic heterocycles. The van der Waals surface area contributed by atoms with Crippen molar-refractivity contribution in [3.8, 4) is 5.75 Å². The van der Waals surface area contributed by atoms with Gasteiger partial charge in [-0.1, -0.05) is 6.07 Å². The molecule has 0 atom stereocenters. The van der Waals surface area contributed by atoms with Crippen molar-refractivity contribution < 1.29 is 37.0 Å². The van der Waals surface area contributed by atoms with E-state index in [1.165, 1.54) is 12.1 Å². The Morgan fingerprint density at radius 2 is 1.71 bits per heavy atom. The van der Waals surface area contributed by atoms with E-state index >= 15 is 0 Å². The summed E-state index contributed by atoms with van der Waals surface area (Å²) < 4.78 is 49.8. The Labute approximate surface area is 136 Å². The van der Waals surface area contributed by atoms with Gasteiger partial charge in [-0.15, -0.1) is 13.2 Å². The van der Waals surface area contributed by atoms with Crippen LogP contribution in [0.5, 0.6) is 5.75 Å². The van der Waals surface area contributed by atoms with E-state index in [2.05, 4.69) is 10.1 Å². The average molecular weight is 347 g/mol. The number of carbonyl (C=O) groups excluding carboxylic acids is 2. The molecule has 9 heteroatoms. The smallest absolute Gasteiger partial charge is 0.462 e. The zero-order valence-corrected chi connectivity index (χ0v) is 13.0. The van der Waals surface area contributed by atoms with Gasteiger partial charge in [0.2, 0.25) is 0 Å². The van der Waals surface area contributed by atoms with Gasteiger partial charge < -0.3 is 19.5 Å². The summed E-state index contributed by atoms with van der Waals surface area (Å²) >= 11 is 0. The van der Waals surface area contributed by atoms with E-state index in [1.54, 1.807) is 13.8 Å². The zero-order chi connectivity index (χ0) is 18.2. The summed E-state index contributed by atoms with van der Waals surface area (Å²) in [6.07, 6.45) is -3.82. The summed E-state index contributed by atoms with van der Waals surface area (Å²) in [6.45, 7) is 3.22. The van der Waals surface area contributed by atoms with Gasteiger partial charge in [0.05, 0.1) is 13.2 Å². The van der Waals surface area contributed by atoms with E-state index in [-0.39, 0.29) is 18.9 Å². The van der Waals surface area contributed by atoms with Gasteiger partial charge >= 0.3 is 18.3 Å². The van der Waals surface area contributed by atoms with Crippen molar-refractivity contribution in [3.63, 3.8) is 0 Å². The predicted octanol–water partition coefficient (Wildman–Crippen LogP) is 3.01. The normalized spacial score (nSPS) is 10.5. The molecule has 0 saturated heterocycles. The molecule has 132 valence electrons. The fourth-order valence-corrected chi connectivity index (χ4v) is 1.56. The van der Waals surface area contributed by atoms with E-state index in [4.69, 9.17) is 9.47 Å². The molecule has 0 saturated carbocycles. The van der Waals surface area contributed by atoms with Gasteiger partial charge in [0.15, 0.2) is 5.57 Å². The Morgan fingerprint density at radius 3 is 2.21 bits per heavy atom. The van der Waals surface area contributed by atoms with Gasteiger partial charge in [-0.05, 0) is 26.0 Å². The fourth-order valence-electron chi connectivity index (χ4n) is 1.56. The quantitative estimate of drug-likeness (QED) is 0.354. The lowest BCUT2D eigenvalue weighted by Gasteiger charge is -2.10. The maximum absolute atomic E-state index is 12.2. The van der Waals surface area contributed by atoms with Crippen molar-refractivity contribution in [2.45, 2.75) is 20.2 Å². The van der Waals surface area contributed by atoms with E-state index < -0.39 is 29.6 Å². The van der Waals surface area contributed by atoms with Crippen LogP contribution in [0.2, 0.25) is 0 Å². The lowest BCUT2D eigenvalue weighted by atomic mass is 10.2. The van der Waals surface area contributed by atoms with Crippen molar-refractivity contribution in [2.75, 3.05) is 18.5 Å². The molecule has 0 amide bonds. The third kappa shape index (κ3) is 6.59. The minimum Gasteiger partial charge on any atom is -0.462 e. The number of carbonyl (C=O) groups is 2. The second-order valence-corrected chi connectivity index (χ2v) is 4.22. The second kappa shape index (κ2) is 8.80. The summed E-state index contributed by atoms with van der Waals surface area (Å²) in [6, 6.07) is 4.90. The molecule has 24 heavy (non-hydrogen) atoms. The number of alkyl halides is 3. The highest BCUT2D eigenvalue weighted by Crippen LogP contribution is 2.25. The van der Waals surface area contributed by atoms with Crippen LogP contribution in [0.1, 0.15) is 13.8 Å². The molecular formula is C15H16F3NO5. The lowest BCUT2D eigenvalue weighted by Crippen LogP contribution is -2.19. The van der Waals surface area contributed by atoms with Crippen LogP contribution in [0, 0.1) is 0 Å². The molecule has 1 N–H and O–H groups in total. The molecule has 0 unspecified atom stereocenters. The highest BCUT2D eigenvalue weighted by molar-refractivity contribution is 6.14. The number of nitrogens with one attached hydrogen (secondary N) is 1. The number of esters is 2. The molecule has 6 nitrogen and oxygen atoms in total. The number of anilines is 1. The van der Waals surface area contributed by atoms with E-state index in [0.717, 1.165) is 18.3 Å². The summed E-state index contributed by atoms with van der Waals surface area (Å²) in [7, 11) is 0. The van der Waals surface area contributed by atoms with Crippen LogP contribution in [0.25, 0.3) is 0 Å². The Bertz CT molecular complexity index is 593. The van der Waals surface area contributed by atoms with Gasteiger partial charge in [-0.3, -0.25) is 0 Å². The maximum atomic E-state index is 12.2. The highest BCUT2D eigenvalue weighted by Gasteiger charge is 2.31. The van der Waals surface area contributed by atoms with Gasteiger partial charge in [-0.2, -0.15) is 0 Å². The number of hydrogen-bond acceptors (Lipinski definition) is 6. The van der Waals surface area contributed by atoms with Crippen LogP contribution in [0.3, 0.4) is 0 Å². The first-order chi connectivity index (χ1) is 11.3. The summed E-state index contributed by atoms with van der Waals surface area (Å²) in [4.78, 5) is 23.5. The standard InChI is InChI=1S/C15H16F3NO5/c1-3-22-13(20)12(14(21)23-4-2)9-19-10-6-5-7-11(8-10)24-15(16,17)18/h5-9,19H,3-4H2,1-2H3. The molecule has 0 aliphatic carbocycles. The van der Waals surface area contributed by atoms with Crippen molar-refractivity contribution in [1.29, 1.82) is 0 Å². The van der Waals surface area contributed by atoms with E-state index in [0.29, 0.717) is 0 Å². The second-order valence-electron chi connectivity index (χ2n) is 4.22. The van der Waals surface area contributed by atoms with Gasteiger partial charge in [0, 0.05) is 18.0 Å². The van der Waals surface area contributed by atoms with Crippen molar-refractivity contribution in [2.24, 2.45) is 0 Å². The van der Waals surface area contributed by atoms with Gasteiger partial charge in [0.25, 0.3) is 0 Å². The predicted molar refractivity (Wildman–Crippen MR) is 78.1 cm³/mol. The average Bonchev–Trinajstić information content (AvgIpc) is 2.46. The summed E-state index contributed by atoms with van der Waals surface area (Å²) in [5.74, 6) is -2.27. The molecule has 0 fully saturated rings. The summed E-state index contributed by atoms with van der Waals surface area (Å²) in [5, 5.41) is 2.54. The molecule has 0 radical (unpaired) electrons. The first kappa shape index (κ1) is 19.3. The van der Waals surface area contributed by atoms with E-state index in [1.807, 2.05) is 0 Å². The van der Waals surface area contributed by atoms with Crippen LogP contribution >= 0.6 is 0 Å². The van der Waals surface area contributed by atoms with Gasteiger partial charge in [0.1, 0.15) is 5.75 Å². The third-order valence-corrected chi connectivity index (χ3v) is 2.44. The first-order valence-electron chi connectivity index (χ1n) is 6.93. The fraction of sp³-hybridized carbons (Fsp3) is 0.333. The Balaban J connectivity index is 2.94. The SMILES string of the molecule is CCOC(=O)C(=CNc1cccc(OC(F)(F)F)c1)C(=O)OCC. The number of halogens is 3. The molecule has 1 rings (SSSR count). The zero-order valence-electron chi connectivity index (χ0n) is 13.0. The monoisotopic (exact) mass is 347 g/mol. The van der Waals surface area contributed by atoms with Crippen molar-refractivity contribution in [3.05, 3.63) is 36.0 Å². The molecule has 0 aliphatic heterocycles. The van der Waals surface area contributed by atoms with Crippen LogP contribution in [-0.4, -0.2) is 31.5 Å². The van der Waals surface area contributed by atoms with Crippen LogP contribution in [-0.2, 0) is 19.1 Å². The maximum Gasteiger partial charge on any atom is 0.573 e. The number of rotatable bonds is 7. The minimum absolute atomic E-state index is 0.0461. The highest BCUT2D eigenvalue weighted by atomic mass is 19.4. The van der Waals surface area contributed by atoms with Crippen LogP contribution in [0.15, 0.2) is 36.0 Å². The molecule has 0 bridgehead atoms. The molecule has 1 aromatic carbocycles.